The fourth-order valence-electron chi connectivity index (χ4n) is 1.86. The van der Waals surface area contributed by atoms with Crippen molar-refractivity contribution in [3.05, 3.63) is 71.8 Å². The Morgan fingerprint density at radius 3 is 1.82 bits per heavy atom. The third kappa shape index (κ3) is 2.65. The molecule has 0 aliphatic heterocycles. The Balaban J connectivity index is 2.33. The second-order valence-electron chi connectivity index (χ2n) is 4.12. The lowest BCUT2D eigenvalue weighted by Gasteiger charge is -2.27. The van der Waals surface area contributed by atoms with Crippen molar-refractivity contribution in [1.29, 1.82) is 0 Å². The van der Waals surface area contributed by atoms with Crippen LogP contribution in [0.2, 0.25) is 0 Å². The molecule has 0 aliphatic carbocycles. The van der Waals surface area contributed by atoms with Crippen molar-refractivity contribution < 1.29 is 0 Å². The normalized spacial score (nSPS) is 13.4. The van der Waals surface area contributed by atoms with Crippen LogP contribution in [0.25, 0.3) is 0 Å². The Morgan fingerprint density at radius 1 is 0.824 bits per heavy atom. The molecule has 0 heterocycles. The first-order valence-electron chi connectivity index (χ1n) is 5.60. The molecule has 1 atom stereocenters. The fourth-order valence-corrected chi connectivity index (χ4v) is 2.37. The Hall–Kier alpha value is -0.980. The van der Waals surface area contributed by atoms with Crippen LogP contribution >= 0.6 is 23.2 Å². The van der Waals surface area contributed by atoms with Gasteiger partial charge in [0.2, 0.25) is 0 Å². The number of alkyl halides is 2. The standard InChI is InChI=1S/C15H14Cl2/c1-12(13-8-4-2-5-9-13)15(16,17)14-10-6-3-7-11-14/h2-12H,1H3. The molecule has 1 unspecified atom stereocenters. The molecule has 0 aromatic heterocycles. The van der Waals surface area contributed by atoms with Crippen LogP contribution in [0.5, 0.6) is 0 Å². The molecule has 17 heavy (non-hydrogen) atoms. The third-order valence-electron chi connectivity index (χ3n) is 3.00. The van der Waals surface area contributed by atoms with Crippen molar-refractivity contribution >= 4 is 23.2 Å². The molecule has 0 spiro atoms. The topological polar surface area (TPSA) is 0 Å². The van der Waals surface area contributed by atoms with E-state index < -0.39 is 4.33 Å². The zero-order chi connectivity index (χ0) is 12.3. The maximum Gasteiger partial charge on any atom is 0.149 e. The molecule has 0 nitrogen and oxygen atoms in total. The smallest absolute Gasteiger partial charge is 0.0956 e. The SMILES string of the molecule is CC(c1ccccc1)C(Cl)(Cl)c1ccccc1. The monoisotopic (exact) mass is 264 g/mol. The highest BCUT2D eigenvalue weighted by atomic mass is 35.5. The van der Waals surface area contributed by atoms with Crippen LogP contribution in [0.15, 0.2) is 60.7 Å². The van der Waals surface area contributed by atoms with Crippen LogP contribution in [-0.2, 0) is 4.33 Å². The van der Waals surface area contributed by atoms with Gasteiger partial charge in [0, 0.05) is 5.92 Å². The van der Waals surface area contributed by atoms with E-state index in [1.54, 1.807) is 0 Å². The highest BCUT2D eigenvalue weighted by Crippen LogP contribution is 2.46. The molecule has 0 bridgehead atoms. The van der Waals surface area contributed by atoms with Gasteiger partial charge in [0.1, 0.15) is 4.33 Å². The lowest BCUT2D eigenvalue weighted by atomic mass is 9.92. The Kier molecular flexibility index (Phi) is 3.76. The molecule has 2 aromatic carbocycles. The molecule has 2 heteroatoms. The number of halogens is 2. The van der Waals surface area contributed by atoms with Gasteiger partial charge in [0.25, 0.3) is 0 Å². The van der Waals surface area contributed by atoms with Crippen LogP contribution < -0.4 is 0 Å². The predicted octanol–water partition coefficient (Wildman–Crippen LogP) is 5.12. The first kappa shape index (κ1) is 12.5. The molecular formula is C15H14Cl2. The average Bonchev–Trinajstić information content (AvgIpc) is 2.40. The molecule has 0 N–H and O–H groups in total. The second-order valence-corrected chi connectivity index (χ2v) is 5.51. The van der Waals surface area contributed by atoms with Crippen molar-refractivity contribution in [3.63, 3.8) is 0 Å². The van der Waals surface area contributed by atoms with E-state index in [1.807, 2.05) is 67.6 Å². The maximum atomic E-state index is 6.51. The molecular weight excluding hydrogens is 251 g/mol. The van der Waals surface area contributed by atoms with Crippen molar-refractivity contribution in [2.75, 3.05) is 0 Å². The van der Waals surface area contributed by atoms with E-state index in [0.29, 0.717) is 0 Å². The number of rotatable bonds is 3. The molecule has 0 saturated heterocycles. The van der Waals surface area contributed by atoms with Gasteiger partial charge in [0.15, 0.2) is 0 Å². The maximum absolute atomic E-state index is 6.51. The summed E-state index contributed by atoms with van der Waals surface area (Å²) in [5, 5.41) is 0. The van der Waals surface area contributed by atoms with Gasteiger partial charge >= 0.3 is 0 Å². The predicted molar refractivity (Wildman–Crippen MR) is 74.7 cm³/mol. The summed E-state index contributed by atoms with van der Waals surface area (Å²) in [7, 11) is 0. The summed E-state index contributed by atoms with van der Waals surface area (Å²) in [6.07, 6.45) is 0. The van der Waals surface area contributed by atoms with Crippen LogP contribution in [0.3, 0.4) is 0 Å². The minimum Gasteiger partial charge on any atom is -0.0956 e. The van der Waals surface area contributed by atoms with Gasteiger partial charge in [-0.1, -0.05) is 90.8 Å². The highest BCUT2D eigenvalue weighted by Gasteiger charge is 2.34. The van der Waals surface area contributed by atoms with Crippen molar-refractivity contribution in [2.45, 2.75) is 17.2 Å². The van der Waals surface area contributed by atoms with Gasteiger partial charge < -0.3 is 0 Å². The molecule has 2 aromatic rings. The largest absolute Gasteiger partial charge is 0.149 e. The fraction of sp³-hybridized carbons (Fsp3) is 0.200. The van der Waals surface area contributed by atoms with E-state index in [4.69, 9.17) is 23.2 Å². The Labute approximate surface area is 112 Å². The summed E-state index contributed by atoms with van der Waals surface area (Å²) >= 11 is 13.0. The van der Waals surface area contributed by atoms with Crippen LogP contribution in [0.1, 0.15) is 24.0 Å². The van der Waals surface area contributed by atoms with Crippen molar-refractivity contribution in [2.24, 2.45) is 0 Å². The van der Waals surface area contributed by atoms with E-state index >= 15 is 0 Å². The first-order chi connectivity index (χ1) is 8.12. The quantitative estimate of drug-likeness (QED) is 0.675. The lowest BCUT2D eigenvalue weighted by Crippen LogP contribution is -2.19. The van der Waals surface area contributed by atoms with Gasteiger partial charge in [-0.15, -0.1) is 0 Å². The average molecular weight is 265 g/mol. The summed E-state index contributed by atoms with van der Waals surface area (Å²) in [6, 6.07) is 19.9. The number of hydrogen-bond acceptors (Lipinski definition) is 0. The molecule has 2 rings (SSSR count). The van der Waals surface area contributed by atoms with Crippen molar-refractivity contribution in [3.8, 4) is 0 Å². The summed E-state index contributed by atoms with van der Waals surface area (Å²) in [6.45, 7) is 2.04. The van der Waals surface area contributed by atoms with E-state index in [0.717, 1.165) is 11.1 Å². The second kappa shape index (κ2) is 5.12. The van der Waals surface area contributed by atoms with Crippen LogP contribution in [-0.4, -0.2) is 0 Å². The molecule has 88 valence electrons. The highest BCUT2D eigenvalue weighted by molar-refractivity contribution is 6.48. The molecule has 0 amide bonds. The van der Waals surface area contributed by atoms with Crippen LogP contribution in [0.4, 0.5) is 0 Å². The van der Waals surface area contributed by atoms with Crippen molar-refractivity contribution in [1.82, 2.24) is 0 Å². The minimum absolute atomic E-state index is 0.0365. The summed E-state index contributed by atoms with van der Waals surface area (Å²) in [5.41, 5.74) is 2.07. The number of hydrogen-bond donors (Lipinski definition) is 0. The zero-order valence-electron chi connectivity index (χ0n) is 9.61. The van der Waals surface area contributed by atoms with E-state index in [-0.39, 0.29) is 5.92 Å². The summed E-state index contributed by atoms with van der Waals surface area (Å²) in [5.74, 6) is 0.0365. The van der Waals surface area contributed by atoms with Gasteiger partial charge in [-0.2, -0.15) is 0 Å². The van der Waals surface area contributed by atoms with Gasteiger partial charge in [-0.25, -0.2) is 0 Å². The molecule has 0 fully saturated rings. The molecule has 0 saturated carbocycles. The Bertz CT molecular complexity index is 463. The minimum atomic E-state index is -0.900. The third-order valence-corrected chi connectivity index (χ3v) is 4.09. The van der Waals surface area contributed by atoms with Gasteiger partial charge in [-0.3, -0.25) is 0 Å². The molecule has 0 radical (unpaired) electrons. The van der Waals surface area contributed by atoms with E-state index in [1.165, 1.54) is 0 Å². The Morgan fingerprint density at radius 2 is 1.29 bits per heavy atom. The van der Waals surface area contributed by atoms with E-state index in [2.05, 4.69) is 0 Å². The van der Waals surface area contributed by atoms with Gasteiger partial charge in [-0.05, 0) is 11.1 Å². The van der Waals surface area contributed by atoms with Gasteiger partial charge in [0.05, 0.1) is 0 Å². The first-order valence-corrected chi connectivity index (χ1v) is 6.36. The summed E-state index contributed by atoms with van der Waals surface area (Å²) in [4.78, 5) is 0. The van der Waals surface area contributed by atoms with Crippen LogP contribution in [0, 0.1) is 0 Å². The zero-order valence-corrected chi connectivity index (χ0v) is 11.1. The molecule has 0 aliphatic rings. The number of benzene rings is 2. The summed E-state index contributed by atoms with van der Waals surface area (Å²) < 4.78 is -0.900. The van der Waals surface area contributed by atoms with E-state index in [9.17, 15) is 0 Å². The lowest BCUT2D eigenvalue weighted by molar-refractivity contribution is 0.672.